The van der Waals surface area contributed by atoms with Crippen molar-refractivity contribution in [3.05, 3.63) is 136 Å². The summed E-state index contributed by atoms with van der Waals surface area (Å²) in [5.41, 5.74) is 10.2. The second-order valence-corrected chi connectivity index (χ2v) is 16.2. The number of hydrogen-bond acceptors (Lipinski definition) is 3. The van der Waals surface area contributed by atoms with Crippen LogP contribution in [-0.4, -0.2) is 37.3 Å². The highest BCUT2D eigenvalue weighted by molar-refractivity contribution is 6.14. The number of anilines is 1. The van der Waals surface area contributed by atoms with Crippen molar-refractivity contribution in [2.24, 2.45) is 0 Å². The summed E-state index contributed by atoms with van der Waals surface area (Å²) >= 11 is 0. The summed E-state index contributed by atoms with van der Waals surface area (Å²) in [7, 11) is 1.68. The summed E-state index contributed by atoms with van der Waals surface area (Å²) in [5.74, 6) is 1.57. The van der Waals surface area contributed by atoms with Gasteiger partial charge in [-0.2, -0.15) is 4.58 Å². The highest BCUT2D eigenvalue weighted by atomic mass is 19.1. The predicted molar refractivity (Wildman–Crippen MR) is 224 cm³/mol. The molecular weight excluding hydrogens is 668 g/mol. The molecule has 54 heavy (non-hydrogen) atoms. The SMILES string of the molecule is BNC(=O)CCCC[N+]1=C(/C=C/C2=C(Oc3ccc(C)cc3)C(=C/C=C3/N(CCCCC)c4ccccc4C3(C)C)/CCC2)C(C)(C)c2cc(F)ccc21. The summed E-state index contributed by atoms with van der Waals surface area (Å²) in [4.78, 5) is 14.5. The zero-order valence-corrected chi connectivity index (χ0v) is 33.5. The molecule has 1 N–H and O–H groups in total. The molecule has 0 saturated carbocycles. The first-order chi connectivity index (χ1) is 25.9. The Morgan fingerprint density at radius 1 is 0.926 bits per heavy atom. The van der Waals surface area contributed by atoms with E-state index < -0.39 is 5.41 Å². The number of nitrogens with zero attached hydrogens (tertiary/aromatic N) is 2. The van der Waals surface area contributed by atoms with Crippen molar-refractivity contribution in [3.63, 3.8) is 0 Å². The number of ether oxygens (including phenoxy) is 1. The number of para-hydroxylation sites is 1. The maximum atomic E-state index is 14.7. The Morgan fingerprint density at radius 2 is 1.70 bits per heavy atom. The first-order valence-corrected chi connectivity index (χ1v) is 20.1. The zero-order chi connectivity index (χ0) is 38.5. The lowest BCUT2D eigenvalue weighted by molar-refractivity contribution is -0.438. The number of allylic oxidation sites excluding steroid dienone is 7. The Kier molecular flexibility index (Phi) is 12.1. The molecule has 6 rings (SSSR count). The minimum Gasteiger partial charge on any atom is -0.457 e. The van der Waals surface area contributed by atoms with E-state index in [1.807, 2.05) is 6.07 Å². The standard InChI is InChI=1S/C47H57BFN3O2/c1-7-8-12-30-51-40-18-10-9-17-38(40)46(3,4)42(51)28-22-34-15-14-16-35(45(34)54-37-25-20-33(2)21-26-37)23-29-43-47(5,6)39-32-36(49)24-27-41(39)52(43)31-13-11-19-44(53)50-48/h9-10,17-18,20-29,32H,7-8,11-16,19,30-31,48H2,1-6H3/p+1. The molecule has 2 heterocycles. The number of halogens is 1. The van der Waals surface area contributed by atoms with Crippen LogP contribution in [0.2, 0.25) is 0 Å². The van der Waals surface area contributed by atoms with Crippen LogP contribution in [0.15, 0.2) is 114 Å². The van der Waals surface area contributed by atoms with E-state index in [1.54, 1.807) is 20.1 Å². The molecule has 0 bridgehead atoms. The molecule has 0 spiro atoms. The van der Waals surface area contributed by atoms with Gasteiger partial charge in [-0.15, -0.1) is 0 Å². The first kappa shape index (κ1) is 39.1. The fraction of sp³-hybridized carbons (Fsp3) is 0.404. The van der Waals surface area contributed by atoms with Crippen LogP contribution in [0.5, 0.6) is 5.75 Å². The molecule has 1 aliphatic carbocycles. The van der Waals surface area contributed by atoms with Gasteiger partial charge in [0.15, 0.2) is 5.71 Å². The number of fused-ring (bicyclic) bond motifs is 2. The fourth-order valence-electron chi connectivity index (χ4n) is 8.41. The molecule has 0 unspecified atom stereocenters. The van der Waals surface area contributed by atoms with E-state index in [0.29, 0.717) is 6.42 Å². The van der Waals surface area contributed by atoms with Crippen LogP contribution in [0.3, 0.4) is 0 Å². The van der Waals surface area contributed by atoms with Crippen LogP contribution >= 0.6 is 0 Å². The van der Waals surface area contributed by atoms with Crippen molar-refractivity contribution in [1.82, 2.24) is 5.23 Å². The Balaban J connectivity index is 1.41. The Bertz CT molecular complexity index is 2020. The van der Waals surface area contributed by atoms with Gasteiger partial charge in [0.25, 0.3) is 0 Å². The second-order valence-electron chi connectivity index (χ2n) is 16.2. The number of rotatable bonds is 14. The maximum Gasteiger partial charge on any atom is 0.217 e. The average Bonchev–Trinajstić information content (AvgIpc) is 3.50. The van der Waals surface area contributed by atoms with E-state index in [4.69, 9.17) is 4.74 Å². The van der Waals surface area contributed by atoms with Gasteiger partial charge in [0, 0.05) is 53.9 Å². The Hall–Kier alpha value is -4.65. The third-order valence-corrected chi connectivity index (χ3v) is 11.6. The third kappa shape index (κ3) is 8.21. The Labute approximate surface area is 323 Å². The highest BCUT2D eigenvalue weighted by Gasteiger charge is 2.44. The van der Waals surface area contributed by atoms with Gasteiger partial charge in [0.05, 0.1) is 5.41 Å². The zero-order valence-electron chi connectivity index (χ0n) is 33.5. The number of unbranched alkanes of at least 4 members (excludes halogenated alkanes) is 3. The lowest BCUT2D eigenvalue weighted by Crippen LogP contribution is -2.28. The van der Waals surface area contributed by atoms with Crippen LogP contribution in [-0.2, 0) is 15.6 Å². The fourth-order valence-corrected chi connectivity index (χ4v) is 8.41. The first-order valence-electron chi connectivity index (χ1n) is 20.1. The number of aryl methyl sites for hydroxylation is 1. The number of hydrogen-bond donors (Lipinski definition) is 1. The summed E-state index contributed by atoms with van der Waals surface area (Å²) in [6.07, 6.45) is 17.7. The van der Waals surface area contributed by atoms with Crippen molar-refractivity contribution in [1.29, 1.82) is 0 Å². The molecule has 3 aromatic rings. The minimum atomic E-state index is -0.407. The summed E-state index contributed by atoms with van der Waals surface area (Å²) in [6, 6.07) is 22.3. The molecule has 3 aliphatic rings. The van der Waals surface area contributed by atoms with Crippen LogP contribution in [0.25, 0.3) is 0 Å². The van der Waals surface area contributed by atoms with Gasteiger partial charge in [-0.05, 0) is 112 Å². The summed E-state index contributed by atoms with van der Waals surface area (Å²) in [6.45, 7) is 15.2. The number of carbonyl (C=O) groups excluding carboxylic acids is 1. The normalized spacial score (nSPS) is 18.9. The van der Waals surface area contributed by atoms with Crippen LogP contribution in [0.1, 0.15) is 109 Å². The van der Waals surface area contributed by atoms with Crippen LogP contribution in [0.4, 0.5) is 15.8 Å². The molecule has 0 radical (unpaired) electrons. The van der Waals surface area contributed by atoms with E-state index in [2.05, 4.69) is 129 Å². The molecule has 0 aromatic heterocycles. The van der Waals surface area contributed by atoms with Crippen LogP contribution in [0, 0.1) is 12.7 Å². The van der Waals surface area contributed by atoms with E-state index in [9.17, 15) is 9.18 Å². The number of amides is 1. The minimum absolute atomic E-state index is 0.0541. The van der Waals surface area contributed by atoms with Gasteiger partial charge in [0.1, 0.15) is 23.9 Å². The van der Waals surface area contributed by atoms with Gasteiger partial charge in [-0.3, -0.25) is 4.79 Å². The van der Waals surface area contributed by atoms with Gasteiger partial charge in [-0.1, -0.05) is 75.6 Å². The smallest absolute Gasteiger partial charge is 0.217 e. The van der Waals surface area contributed by atoms with Gasteiger partial charge in [-0.25, -0.2) is 4.39 Å². The predicted octanol–water partition coefficient (Wildman–Crippen LogP) is 10.2. The molecular formula is C47H58BFN3O2+. The van der Waals surface area contributed by atoms with Crippen molar-refractivity contribution in [3.8, 4) is 5.75 Å². The molecule has 0 saturated heterocycles. The largest absolute Gasteiger partial charge is 0.457 e. The Morgan fingerprint density at radius 3 is 2.46 bits per heavy atom. The molecule has 7 heteroatoms. The number of nitrogens with one attached hydrogen (secondary N) is 1. The molecule has 0 fully saturated rings. The quantitative estimate of drug-likeness (QED) is 0.102. The molecule has 1 amide bonds. The average molecular weight is 727 g/mol. The van der Waals surface area contributed by atoms with E-state index in [0.717, 1.165) is 85.7 Å². The van der Waals surface area contributed by atoms with Crippen LogP contribution < -0.4 is 14.9 Å². The lowest BCUT2D eigenvalue weighted by atomic mass is 9.81. The van der Waals surface area contributed by atoms with E-state index in [-0.39, 0.29) is 17.1 Å². The molecule has 0 atom stereocenters. The number of carbonyl (C=O) groups is 1. The van der Waals surface area contributed by atoms with E-state index >= 15 is 0 Å². The van der Waals surface area contributed by atoms with Gasteiger partial charge < -0.3 is 14.9 Å². The highest BCUT2D eigenvalue weighted by Crippen LogP contribution is 2.48. The van der Waals surface area contributed by atoms with Crippen molar-refractivity contribution >= 4 is 31.0 Å². The summed E-state index contributed by atoms with van der Waals surface area (Å²) in [5, 5.41) is 2.73. The number of benzene rings is 3. The van der Waals surface area contributed by atoms with Gasteiger partial charge >= 0.3 is 0 Å². The monoisotopic (exact) mass is 726 g/mol. The molecule has 282 valence electrons. The topological polar surface area (TPSA) is 44.6 Å². The van der Waals surface area contributed by atoms with Crippen molar-refractivity contribution in [2.75, 3.05) is 18.0 Å². The molecule has 3 aromatic carbocycles. The summed E-state index contributed by atoms with van der Waals surface area (Å²) < 4.78 is 23.9. The molecule has 2 aliphatic heterocycles. The van der Waals surface area contributed by atoms with Crippen molar-refractivity contribution < 1.29 is 18.5 Å². The second kappa shape index (κ2) is 16.8. The van der Waals surface area contributed by atoms with Gasteiger partial charge in [0.2, 0.25) is 19.6 Å². The third-order valence-electron chi connectivity index (χ3n) is 11.6. The van der Waals surface area contributed by atoms with E-state index in [1.165, 1.54) is 40.9 Å². The molecule has 5 nitrogen and oxygen atoms in total. The van der Waals surface area contributed by atoms with Crippen molar-refractivity contribution in [2.45, 2.75) is 110 Å². The maximum absolute atomic E-state index is 14.7. The lowest BCUT2D eigenvalue weighted by Gasteiger charge is -2.27.